The third-order valence-corrected chi connectivity index (χ3v) is 5.39. The van der Waals surface area contributed by atoms with E-state index in [-0.39, 0.29) is 12.5 Å². The van der Waals surface area contributed by atoms with Crippen LogP contribution in [0, 0.1) is 18.6 Å². The molecule has 0 spiro atoms. The number of nitrogens with zero attached hydrogens (tertiary/aromatic N) is 2. The van der Waals surface area contributed by atoms with Crippen LogP contribution in [-0.2, 0) is 11.3 Å². The van der Waals surface area contributed by atoms with E-state index in [9.17, 15) is 4.79 Å². The van der Waals surface area contributed by atoms with Crippen molar-refractivity contribution in [1.82, 2.24) is 14.9 Å². The van der Waals surface area contributed by atoms with Crippen molar-refractivity contribution in [1.29, 1.82) is 0 Å². The smallest absolute Gasteiger partial charge is 0.262 e. The fourth-order valence-corrected chi connectivity index (χ4v) is 3.50. The van der Waals surface area contributed by atoms with E-state index in [1.165, 1.54) is 0 Å². The molecule has 0 saturated carbocycles. The molecule has 164 valence electrons. The first kappa shape index (κ1) is 22.8. The largest absolute Gasteiger partial charge is 0.490 e. The van der Waals surface area contributed by atoms with Crippen molar-refractivity contribution in [2.75, 3.05) is 24.0 Å². The Kier molecular flexibility index (Phi) is 7.69. The number of hydrogen-bond acceptors (Lipinski definition) is 6. The van der Waals surface area contributed by atoms with Gasteiger partial charge in [0.05, 0.1) is 13.2 Å². The number of nitrogens with one attached hydrogen (secondary N) is 3. The number of hydrogen-bond donors (Lipinski definition) is 3. The van der Waals surface area contributed by atoms with Gasteiger partial charge < -0.3 is 20.2 Å². The molecule has 3 rings (SSSR count). The Hall–Kier alpha value is -2.85. The molecule has 1 heterocycles. The zero-order chi connectivity index (χ0) is 22.4. The number of halogens is 1. The van der Waals surface area contributed by atoms with E-state index >= 15 is 0 Å². The van der Waals surface area contributed by atoms with Gasteiger partial charge in [0.1, 0.15) is 5.82 Å². The molecule has 2 aromatic carbocycles. The van der Waals surface area contributed by atoms with Crippen molar-refractivity contribution in [3.05, 3.63) is 62.6 Å². The lowest BCUT2D eigenvalue weighted by atomic mass is 10.2. The molecule has 0 unspecified atom stereocenters. The normalized spacial score (nSPS) is 10.6. The number of H-pyrrole nitrogens is 1. The second-order valence-corrected chi connectivity index (χ2v) is 8.01. The number of carbonyl (C=O) groups is 1. The van der Waals surface area contributed by atoms with Crippen molar-refractivity contribution in [2.24, 2.45) is 0 Å². The molecule has 0 radical (unpaired) electrons. The first-order chi connectivity index (χ1) is 14.9. The summed E-state index contributed by atoms with van der Waals surface area (Å²) in [5.74, 6) is 1.51. The molecular weight excluding hydrogens is 482 g/mol. The maximum atomic E-state index is 12.3. The Morgan fingerprint density at radius 2 is 1.90 bits per heavy atom. The summed E-state index contributed by atoms with van der Waals surface area (Å²) in [6, 6.07) is 11.2. The van der Waals surface area contributed by atoms with Gasteiger partial charge in [-0.25, -0.2) is 4.68 Å². The third kappa shape index (κ3) is 6.08. The van der Waals surface area contributed by atoms with Crippen LogP contribution in [0.25, 0.3) is 0 Å². The summed E-state index contributed by atoms with van der Waals surface area (Å²) in [4.78, 5) is 12.3. The van der Waals surface area contributed by atoms with Crippen LogP contribution in [0.15, 0.2) is 40.9 Å². The molecule has 8 nitrogen and oxygen atoms in total. The molecule has 10 heteroatoms. The summed E-state index contributed by atoms with van der Waals surface area (Å²) in [6.45, 7) is 6.53. The summed E-state index contributed by atoms with van der Waals surface area (Å²) >= 11 is 8.78. The zero-order valence-electron chi connectivity index (χ0n) is 17.5. The van der Waals surface area contributed by atoms with Crippen molar-refractivity contribution < 1.29 is 14.3 Å². The van der Waals surface area contributed by atoms with E-state index in [2.05, 4.69) is 36.9 Å². The molecule has 3 N–H and O–H groups in total. The number of rotatable bonds is 9. The van der Waals surface area contributed by atoms with E-state index in [1.807, 2.05) is 51.1 Å². The lowest BCUT2D eigenvalue weighted by Gasteiger charge is -2.16. The van der Waals surface area contributed by atoms with Crippen molar-refractivity contribution in [2.45, 2.75) is 27.3 Å². The number of amides is 1. The van der Waals surface area contributed by atoms with Crippen LogP contribution in [0.4, 0.5) is 5.69 Å². The maximum Gasteiger partial charge on any atom is 0.262 e. The molecule has 0 fully saturated rings. The number of aryl methyl sites for hydroxylation is 2. The molecule has 0 saturated heterocycles. The highest BCUT2D eigenvalue weighted by molar-refractivity contribution is 9.10. The van der Waals surface area contributed by atoms with E-state index in [1.54, 1.807) is 10.7 Å². The Morgan fingerprint density at radius 3 is 2.55 bits per heavy atom. The highest BCUT2D eigenvalue weighted by Crippen LogP contribution is 2.34. The topological polar surface area (TPSA) is 93.2 Å². The molecule has 0 aliphatic rings. The molecular formula is C21H24BrN5O3S. The van der Waals surface area contributed by atoms with Gasteiger partial charge >= 0.3 is 0 Å². The van der Waals surface area contributed by atoms with Gasteiger partial charge in [-0.05, 0) is 62.8 Å². The Bertz CT molecular complexity index is 1110. The van der Waals surface area contributed by atoms with Gasteiger partial charge in [0.15, 0.2) is 18.1 Å². The van der Waals surface area contributed by atoms with Crippen LogP contribution < -0.4 is 20.2 Å². The fourth-order valence-electron chi connectivity index (χ4n) is 2.80. The van der Waals surface area contributed by atoms with Crippen LogP contribution in [-0.4, -0.2) is 34.0 Å². The van der Waals surface area contributed by atoms with Gasteiger partial charge in [-0.15, -0.1) is 0 Å². The summed E-state index contributed by atoms with van der Waals surface area (Å²) in [6.07, 6.45) is 0. The van der Waals surface area contributed by atoms with Crippen LogP contribution in [0.2, 0.25) is 0 Å². The van der Waals surface area contributed by atoms with Crippen molar-refractivity contribution in [3.63, 3.8) is 0 Å². The number of aromatic amines is 1. The number of ether oxygens (including phenoxy) is 2. The summed E-state index contributed by atoms with van der Waals surface area (Å²) in [5.41, 5.74) is 6.00. The third-order valence-electron chi connectivity index (χ3n) is 4.37. The molecule has 0 bridgehead atoms. The fraction of sp³-hybridized carbons (Fsp3) is 0.286. The average Bonchev–Trinajstić information content (AvgIpc) is 3.06. The van der Waals surface area contributed by atoms with E-state index < -0.39 is 0 Å². The quantitative estimate of drug-likeness (QED) is 0.371. The minimum Gasteiger partial charge on any atom is -0.490 e. The van der Waals surface area contributed by atoms with Crippen molar-refractivity contribution in [3.8, 4) is 11.5 Å². The number of carbonyl (C=O) groups excluding carboxylic acids is 1. The second-order valence-electron chi connectivity index (χ2n) is 6.77. The van der Waals surface area contributed by atoms with Gasteiger partial charge in [-0.2, -0.15) is 5.10 Å². The van der Waals surface area contributed by atoms with Gasteiger partial charge in [-0.3, -0.25) is 9.89 Å². The van der Waals surface area contributed by atoms with Crippen LogP contribution >= 0.6 is 28.1 Å². The minimum atomic E-state index is -0.252. The molecule has 1 aromatic heterocycles. The molecule has 0 aliphatic heterocycles. The predicted molar refractivity (Wildman–Crippen MR) is 126 cm³/mol. The Balaban J connectivity index is 1.68. The van der Waals surface area contributed by atoms with E-state index in [0.717, 1.165) is 27.1 Å². The van der Waals surface area contributed by atoms with Crippen LogP contribution in [0.5, 0.6) is 11.5 Å². The average molecular weight is 506 g/mol. The monoisotopic (exact) mass is 505 g/mol. The van der Waals surface area contributed by atoms with Crippen LogP contribution in [0.1, 0.15) is 23.9 Å². The maximum absolute atomic E-state index is 12.3. The van der Waals surface area contributed by atoms with Crippen molar-refractivity contribution >= 4 is 39.7 Å². The van der Waals surface area contributed by atoms with E-state index in [4.69, 9.17) is 21.7 Å². The second kappa shape index (κ2) is 10.5. The summed E-state index contributed by atoms with van der Waals surface area (Å²) in [7, 11) is 0. The molecule has 3 aromatic rings. The Labute approximate surface area is 194 Å². The van der Waals surface area contributed by atoms with Gasteiger partial charge in [0.2, 0.25) is 4.77 Å². The number of benzene rings is 2. The number of anilines is 1. The summed E-state index contributed by atoms with van der Waals surface area (Å²) in [5, 5.41) is 9.63. The molecule has 0 atom stereocenters. The summed E-state index contributed by atoms with van der Waals surface area (Å²) < 4.78 is 14.5. The first-order valence-corrected chi connectivity index (χ1v) is 10.9. The number of aromatic nitrogens is 3. The Morgan fingerprint density at radius 1 is 1.19 bits per heavy atom. The molecule has 31 heavy (non-hydrogen) atoms. The van der Waals surface area contributed by atoms with E-state index in [0.29, 0.717) is 29.4 Å². The molecule has 0 aliphatic carbocycles. The van der Waals surface area contributed by atoms with Gasteiger partial charge in [-0.1, -0.05) is 33.6 Å². The minimum absolute atomic E-state index is 0.138. The van der Waals surface area contributed by atoms with Gasteiger partial charge in [0.25, 0.3) is 5.91 Å². The highest BCUT2D eigenvalue weighted by Gasteiger charge is 2.13. The van der Waals surface area contributed by atoms with Gasteiger partial charge in [0, 0.05) is 10.2 Å². The zero-order valence-corrected chi connectivity index (χ0v) is 19.9. The SMILES string of the molecule is CCOc1cc(CNn2c(C)n[nH]c2=S)c(Br)cc1OCC(=O)Nc1ccc(C)cc1. The first-order valence-electron chi connectivity index (χ1n) is 9.69. The lowest BCUT2D eigenvalue weighted by Crippen LogP contribution is -2.20. The predicted octanol–water partition coefficient (Wildman–Crippen LogP) is 4.48. The highest BCUT2D eigenvalue weighted by atomic mass is 79.9. The molecule has 1 amide bonds. The van der Waals surface area contributed by atoms with Crippen LogP contribution in [0.3, 0.4) is 0 Å². The lowest BCUT2D eigenvalue weighted by molar-refractivity contribution is -0.118. The standard InChI is InChI=1S/C21H24BrN5O3S/c1-4-29-18-9-15(11-23-27-14(3)25-26-21(27)31)17(22)10-19(18)30-12-20(28)24-16-7-5-13(2)6-8-16/h5-10,23H,4,11-12H2,1-3H3,(H,24,28)(H,26,31).